The van der Waals surface area contributed by atoms with Crippen molar-refractivity contribution in [3.63, 3.8) is 0 Å². The van der Waals surface area contributed by atoms with Crippen LogP contribution in [0.25, 0.3) is 0 Å². The van der Waals surface area contributed by atoms with Gasteiger partial charge in [-0.05, 0) is 55.4 Å². The van der Waals surface area contributed by atoms with Gasteiger partial charge in [-0.25, -0.2) is 8.42 Å². The highest BCUT2D eigenvalue weighted by Crippen LogP contribution is 2.29. The lowest BCUT2D eigenvalue weighted by molar-refractivity contribution is -0.142. The summed E-state index contributed by atoms with van der Waals surface area (Å²) >= 11 is 5.37. The Balaban J connectivity index is 0.000000657. The molecule has 2 aromatic heterocycles. The third-order valence-electron chi connectivity index (χ3n) is 5.91. The topological polar surface area (TPSA) is 132 Å². The maximum atomic E-state index is 12.4. The van der Waals surface area contributed by atoms with Crippen LogP contribution >= 0.6 is 11.6 Å². The molecule has 2 saturated heterocycles. The van der Waals surface area contributed by atoms with E-state index >= 15 is 0 Å². The molecule has 43 heavy (non-hydrogen) atoms. The fraction of sp³-hybridized carbons (Fsp3) is 0.538. The number of alkyl halides is 7. The predicted octanol–water partition coefficient (Wildman–Crippen LogP) is 7.60. The van der Waals surface area contributed by atoms with Crippen LogP contribution in [0.4, 0.5) is 26.3 Å². The Morgan fingerprint density at radius 2 is 1.30 bits per heavy atom. The Morgan fingerprint density at radius 1 is 0.814 bits per heavy atom. The molecule has 2 fully saturated rings. The van der Waals surface area contributed by atoms with Crippen molar-refractivity contribution in [3.05, 3.63) is 59.2 Å². The summed E-state index contributed by atoms with van der Waals surface area (Å²) in [6.07, 6.45) is 0.236. The molecule has 2 aliphatic heterocycles. The predicted molar refractivity (Wildman–Crippen MR) is 154 cm³/mol. The van der Waals surface area contributed by atoms with Crippen molar-refractivity contribution in [2.45, 2.75) is 70.4 Å². The molecule has 0 amide bonds. The molecular weight excluding hydrogens is 642 g/mol. The smallest absolute Gasteiger partial charge is 0.252 e. The molecule has 0 saturated carbocycles. The average Bonchev–Trinajstić information content (AvgIpc) is 3.50. The quantitative estimate of drug-likeness (QED) is 0.187. The molecular formula is C26H33ClF6N6O2S2. The highest BCUT2D eigenvalue weighted by molar-refractivity contribution is 7.94. The molecule has 0 radical (unpaired) electrons. The van der Waals surface area contributed by atoms with Crippen LogP contribution < -0.4 is 0 Å². The van der Waals surface area contributed by atoms with Gasteiger partial charge in [0.2, 0.25) is 12.4 Å². The summed E-state index contributed by atoms with van der Waals surface area (Å²) in [7, 11) is -4.61. The second-order valence-electron chi connectivity index (χ2n) is 8.87. The van der Waals surface area contributed by atoms with Crippen LogP contribution in [0.3, 0.4) is 0 Å². The van der Waals surface area contributed by atoms with E-state index in [9.17, 15) is 34.8 Å². The van der Waals surface area contributed by atoms with Gasteiger partial charge in [0.1, 0.15) is 11.4 Å². The number of rotatable bonds is 3. The molecule has 4 heterocycles. The normalized spacial score (nSPS) is 20.3. The molecule has 2 atom stereocenters. The van der Waals surface area contributed by atoms with Crippen molar-refractivity contribution in [1.82, 2.24) is 9.97 Å². The molecule has 17 heteroatoms. The lowest BCUT2D eigenvalue weighted by Crippen LogP contribution is -2.18. The van der Waals surface area contributed by atoms with E-state index in [1.807, 2.05) is 0 Å². The van der Waals surface area contributed by atoms with Gasteiger partial charge in [-0.15, -0.1) is 20.3 Å². The zero-order valence-electron chi connectivity index (χ0n) is 21.4. The standard InChI is InChI=1S/C12H12F3N3OS.C7H5ClF3N.C5H8N2OS.2CH4/c13-12(14,15)11-4-3-9(7-17-11)6-10-2-1-5-20(10,19)18-8-16;8-3-5-1-2-6(12-4-5)7(9,10)11;6-5-7-9(8)3-1-2-4-9;;/h3-4,7,10H,1-2,5-6H2;1-2,4H,3H2;1-4H2;2*1H4. The maximum absolute atomic E-state index is 12.4. The lowest BCUT2D eigenvalue weighted by atomic mass is 10.1. The van der Waals surface area contributed by atoms with Crippen molar-refractivity contribution >= 4 is 31.1 Å². The van der Waals surface area contributed by atoms with Crippen LogP contribution in [0.1, 0.15) is 63.1 Å². The highest BCUT2D eigenvalue weighted by Gasteiger charge is 2.33. The van der Waals surface area contributed by atoms with E-state index in [-0.39, 0.29) is 26.0 Å². The van der Waals surface area contributed by atoms with Crippen LogP contribution in [0.15, 0.2) is 45.4 Å². The minimum Gasteiger partial charge on any atom is -0.252 e. The van der Waals surface area contributed by atoms with Gasteiger partial charge in [-0.2, -0.15) is 36.9 Å². The van der Waals surface area contributed by atoms with Crippen molar-refractivity contribution in [2.24, 2.45) is 8.73 Å². The largest absolute Gasteiger partial charge is 0.433 e. The van der Waals surface area contributed by atoms with Gasteiger partial charge in [0.05, 0.1) is 19.5 Å². The fourth-order valence-electron chi connectivity index (χ4n) is 3.86. The van der Waals surface area contributed by atoms with Crippen LogP contribution in [0.5, 0.6) is 0 Å². The molecule has 8 nitrogen and oxygen atoms in total. The second-order valence-corrected chi connectivity index (χ2v) is 14.3. The minimum atomic E-state index is -4.46. The molecule has 2 aliphatic rings. The van der Waals surface area contributed by atoms with E-state index < -0.39 is 43.2 Å². The van der Waals surface area contributed by atoms with Gasteiger partial charge in [0.25, 0.3) is 0 Å². The van der Waals surface area contributed by atoms with E-state index in [1.165, 1.54) is 12.1 Å². The Hall–Kier alpha value is -2.95. The molecule has 0 N–H and O–H groups in total. The molecule has 2 unspecified atom stereocenters. The van der Waals surface area contributed by atoms with Gasteiger partial charge in [-0.3, -0.25) is 9.97 Å². The van der Waals surface area contributed by atoms with Crippen molar-refractivity contribution in [3.8, 4) is 12.4 Å². The Labute approximate surface area is 253 Å². The molecule has 0 aromatic carbocycles. The lowest BCUT2D eigenvalue weighted by Gasteiger charge is -2.12. The highest BCUT2D eigenvalue weighted by atomic mass is 35.5. The Morgan fingerprint density at radius 3 is 1.70 bits per heavy atom. The van der Waals surface area contributed by atoms with Crippen LogP contribution in [-0.2, 0) is 44.1 Å². The third-order valence-corrected chi connectivity index (χ3v) is 11.2. The van der Waals surface area contributed by atoms with Gasteiger partial charge < -0.3 is 0 Å². The first-order chi connectivity index (χ1) is 19.2. The van der Waals surface area contributed by atoms with E-state index in [2.05, 4.69) is 18.7 Å². The number of aromatic nitrogens is 2. The van der Waals surface area contributed by atoms with Crippen LogP contribution in [-0.4, -0.2) is 40.9 Å². The summed E-state index contributed by atoms with van der Waals surface area (Å²) in [4.78, 5) is 6.58. The number of nitrogens with zero attached hydrogens (tertiary/aromatic N) is 6. The summed E-state index contributed by atoms with van der Waals surface area (Å²) < 4.78 is 103. The summed E-state index contributed by atoms with van der Waals surface area (Å²) in [5.41, 5.74) is -0.693. The molecule has 0 bridgehead atoms. The molecule has 0 spiro atoms. The number of nitriles is 2. The van der Waals surface area contributed by atoms with Crippen molar-refractivity contribution in [1.29, 1.82) is 10.5 Å². The average molecular weight is 675 g/mol. The van der Waals surface area contributed by atoms with Crippen molar-refractivity contribution < 1.29 is 34.8 Å². The van der Waals surface area contributed by atoms with Gasteiger partial charge in [-0.1, -0.05) is 27.0 Å². The van der Waals surface area contributed by atoms with Crippen LogP contribution in [0, 0.1) is 22.9 Å². The van der Waals surface area contributed by atoms with E-state index in [0.29, 0.717) is 47.6 Å². The maximum Gasteiger partial charge on any atom is 0.433 e. The second kappa shape index (κ2) is 17.4. The third kappa shape index (κ3) is 12.7. The Kier molecular flexibility index (Phi) is 16.2. The number of halogens is 7. The molecule has 2 aromatic rings. The number of hydrogen-bond donors (Lipinski definition) is 0. The summed E-state index contributed by atoms with van der Waals surface area (Å²) in [5, 5.41) is 16.4. The van der Waals surface area contributed by atoms with E-state index in [4.69, 9.17) is 22.1 Å². The summed E-state index contributed by atoms with van der Waals surface area (Å²) in [6.45, 7) is 0. The first-order valence-electron chi connectivity index (χ1n) is 12.0. The number of hydrogen-bond acceptors (Lipinski definition) is 8. The van der Waals surface area contributed by atoms with Gasteiger partial charge >= 0.3 is 12.4 Å². The zero-order chi connectivity index (χ0) is 30.7. The van der Waals surface area contributed by atoms with Gasteiger partial charge in [0, 0.05) is 40.8 Å². The minimum absolute atomic E-state index is 0. The summed E-state index contributed by atoms with van der Waals surface area (Å²) in [6, 6.07) is 4.47. The summed E-state index contributed by atoms with van der Waals surface area (Å²) in [5.74, 6) is 1.80. The fourth-order valence-corrected chi connectivity index (χ4v) is 8.14. The zero-order valence-corrected chi connectivity index (χ0v) is 23.8. The van der Waals surface area contributed by atoms with Crippen LogP contribution in [0.2, 0.25) is 0 Å². The van der Waals surface area contributed by atoms with Gasteiger partial charge in [0.15, 0.2) is 0 Å². The monoisotopic (exact) mass is 674 g/mol. The molecule has 4 rings (SSSR count). The van der Waals surface area contributed by atoms with E-state index in [0.717, 1.165) is 37.4 Å². The molecule has 0 aliphatic carbocycles. The first-order valence-corrected chi connectivity index (χ1v) is 16.1. The number of pyridine rings is 2. The Bertz CT molecular complexity index is 1470. The SMILES string of the molecule is C.C.FC(F)(F)c1ccc(CCl)cn1.N#CN=S1(=O)CCCC1.N#CN=S1(=O)CCCC1Cc1ccc(C(F)(F)F)nc1. The van der Waals surface area contributed by atoms with Crippen molar-refractivity contribution in [2.75, 3.05) is 17.3 Å². The molecule has 240 valence electrons. The first kappa shape index (κ1) is 40.1. The van der Waals surface area contributed by atoms with E-state index in [1.54, 1.807) is 12.4 Å².